The van der Waals surface area contributed by atoms with Crippen molar-refractivity contribution >= 4 is 0 Å². The lowest BCUT2D eigenvalue weighted by Gasteiger charge is -2.46. The van der Waals surface area contributed by atoms with Crippen molar-refractivity contribution in [1.29, 1.82) is 0 Å². The van der Waals surface area contributed by atoms with Crippen molar-refractivity contribution in [3.63, 3.8) is 0 Å². The third kappa shape index (κ3) is 1.13. The second-order valence-electron chi connectivity index (χ2n) is 5.16. The Morgan fingerprint density at radius 3 is 2.53 bits per heavy atom. The standard InChI is InChI=1S/C16H18O/c1-10-9-16(17-4)12(3)11(2)15(10)13-7-5-6-8-14(13)16/h5-9,15H,1-4H3. The van der Waals surface area contributed by atoms with Crippen LogP contribution in [0.2, 0.25) is 0 Å². The van der Waals surface area contributed by atoms with Gasteiger partial charge < -0.3 is 4.74 Å². The maximum atomic E-state index is 5.91. The molecular formula is C16H18O. The van der Waals surface area contributed by atoms with Crippen molar-refractivity contribution in [2.45, 2.75) is 32.3 Å². The van der Waals surface area contributed by atoms with E-state index in [1.165, 1.54) is 27.8 Å². The molecule has 2 atom stereocenters. The van der Waals surface area contributed by atoms with Crippen molar-refractivity contribution in [2.75, 3.05) is 7.11 Å². The molecule has 17 heavy (non-hydrogen) atoms. The average Bonchev–Trinajstić information content (AvgIpc) is 2.35. The molecule has 0 N–H and O–H groups in total. The van der Waals surface area contributed by atoms with Gasteiger partial charge in [0.05, 0.1) is 0 Å². The van der Waals surface area contributed by atoms with E-state index in [0.717, 1.165) is 0 Å². The van der Waals surface area contributed by atoms with Crippen LogP contribution >= 0.6 is 0 Å². The first kappa shape index (κ1) is 10.8. The highest BCUT2D eigenvalue weighted by Crippen LogP contribution is 2.54. The van der Waals surface area contributed by atoms with Gasteiger partial charge >= 0.3 is 0 Å². The molecule has 0 radical (unpaired) electrons. The fourth-order valence-electron chi connectivity index (χ4n) is 3.53. The van der Waals surface area contributed by atoms with Gasteiger partial charge in [0.2, 0.25) is 0 Å². The van der Waals surface area contributed by atoms with Crippen LogP contribution in [0.4, 0.5) is 0 Å². The first-order valence-corrected chi connectivity index (χ1v) is 6.13. The molecule has 3 aliphatic carbocycles. The predicted molar refractivity (Wildman–Crippen MR) is 70.0 cm³/mol. The second-order valence-corrected chi connectivity index (χ2v) is 5.16. The zero-order valence-electron chi connectivity index (χ0n) is 10.9. The van der Waals surface area contributed by atoms with Gasteiger partial charge in [0.25, 0.3) is 0 Å². The molecule has 0 heterocycles. The predicted octanol–water partition coefficient (Wildman–Crippen LogP) is 3.92. The van der Waals surface area contributed by atoms with Gasteiger partial charge in [-0.05, 0) is 43.5 Å². The number of ether oxygens (including phenoxy) is 1. The quantitative estimate of drug-likeness (QED) is 0.659. The molecule has 0 fully saturated rings. The van der Waals surface area contributed by atoms with E-state index in [1.807, 2.05) is 7.11 Å². The van der Waals surface area contributed by atoms with Crippen LogP contribution in [0.3, 0.4) is 0 Å². The molecule has 0 saturated carbocycles. The Morgan fingerprint density at radius 1 is 1.12 bits per heavy atom. The van der Waals surface area contributed by atoms with Gasteiger partial charge in [-0.2, -0.15) is 0 Å². The molecule has 88 valence electrons. The van der Waals surface area contributed by atoms with E-state index in [4.69, 9.17) is 4.74 Å². The lowest BCUT2D eigenvalue weighted by molar-refractivity contribution is 0.0529. The lowest BCUT2D eigenvalue weighted by Crippen LogP contribution is -2.38. The smallest absolute Gasteiger partial charge is 0.133 e. The summed E-state index contributed by atoms with van der Waals surface area (Å²) in [6.45, 7) is 6.65. The van der Waals surface area contributed by atoms with Crippen LogP contribution in [-0.4, -0.2) is 7.11 Å². The van der Waals surface area contributed by atoms with Crippen molar-refractivity contribution < 1.29 is 4.74 Å². The van der Waals surface area contributed by atoms with Crippen molar-refractivity contribution in [3.05, 3.63) is 58.2 Å². The summed E-state index contributed by atoms with van der Waals surface area (Å²) in [7, 11) is 1.81. The molecule has 1 heteroatoms. The number of hydrogen-bond acceptors (Lipinski definition) is 1. The summed E-state index contributed by atoms with van der Waals surface area (Å²) in [5, 5.41) is 0. The van der Waals surface area contributed by atoms with Crippen LogP contribution in [0, 0.1) is 0 Å². The molecule has 0 aromatic heterocycles. The van der Waals surface area contributed by atoms with Gasteiger partial charge in [-0.1, -0.05) is 35.4 Å². The van der Waals surface area contributed by atoms with Crippen LogP contribution in [0.25, 0.3) is 0 Å². The topological polar surface area (TPSA) is 9.23 Å². The number of hydrogen-bond donors (Lipinski definition) is 0. The monoisotopic (exact) mass is 226 g/mol. The number of benzene rings is 1. The van der Waals surface area contributed by atoms with E-state index in [1.54, 1.807) is 0 Å². The molecule has 0 saturated heterocycles. The summed E-state index contributed by atoms with van der Waals surface area (Å²) in [6.07, 6.45) is 2.29. The molecule has 1 nitrogen and oxygen atoms in total. The summed E-state index contributed by atoms with van der Waals surface area (Å²) in [4.78, 5) is 0. The van der Waals surface area contributed by atoms with Gasteiger partial charge in [-0.25, -0.2) is 0 Å². The Kier molecular flexibility index (Phi) is 2.11. The van der Waals surface area contributed by atoms with Crippen molar-refractivity contribution in [3.8, 4) is 0 Å². The summed E-state index contributed by atoms with van der Waals surface area (Å²) < 4.78 is 5.91. The molecule has 0 aliphatic heterocycles. The third-order valence-electron chi connectivity index (χ3n) is 4.46. The van der Waals surface area contributed by atoms with Gasteiger partial charge in [0.15, 0.2) is 0 Å². The molecule has 0 amide bonds. The zero-order chi connectivity index (χ0) is 12.2. The van der Waals surface area contributed by atoms with E-state index in [0.29, 0.717) is 5.92 Å². The molecule has 1 aromatic rings. The van der Waals surface area contributed by atoms with Crippen LogP contribution in [-0.2, 0) is 10.3 Å². The highest BCUT2D eigenvalue weighted by molar-refractivity contribution is 5.61. The second kappa shape index (κ2) is 3.33. The Hall–Kier alpha value is -1.34. The third-order valence-corrected chi connectivity index (χ3v) is 4.46. The van der Waals surface area contributed by atoms with E-state index in [2.05, 4.69) is 51.1 Å². The number of rotatable bonds is 1. The molecule has 0 spiro atoms. The zero-order valence-corrected chi connectivity index (χ0v) is 10.9. The Balaban J connectivity index is 2.38. The highest BCUT2D eigenvalue weighted by Gasteiger charge is 2.45. The van der Waals surface area contributed by atoms with Crippen LogP contribution < -0.4 is 0 Å². The largest absolute Gasteiger partial charge is 0.365 e. The average molecular weight is 226 g/mol. The first-order chi connectivity index (χ1) is 8.12. The Bertz CT molecular complexity index is 550. The summed E-state index contributed by atoms with van der Waals surface area (Å²) in [5.41, 5.74) is 6.63. The van der Waals surface area contributed by atoms with Gasteiger partial charge in [-0.15, -0.1) is 0 Å². The lowest BCUT2D eigenvalue weighted by atomic mass is 9.63. The maximum Gasteiger partial charge on any atom is 0.133 e. The molecule has 2 unspecified atom stereocenters. The van der Waals surface area contributed by atoms with Crippen LogP contribution in [0.15, 0.2) is 47.1 Å². The van der Waals surface area contributed by atoms with Crippen LogP contribution in [0.5, 0.6) is 0 Å². The van der Waals surface area contributed by atoms with E-state index in [-0.39, 0.29) is 5.60 Å². The Morgan fingerprint density at radius 2 is 1.82 bits per heavy atom. The molecule has 4 rings (SSSR count). The summed E-state index contributed by atoms with van der Waals surface area (Å²) >= 11 is 0. The molecule has 3 aliphatic rings. The SMILES string of the molecule is COC12C=C(C)C(C(C)=C1C)c1ccccc12. The molecular weight excluding hydrogens is 208 g/mol. The number of methoxy groups -OCH3 is 1. The molecule has 2 bridgehead atoms. The fourth-order valence-corrected chi connectivity index (χ4v) is 3.53. The minimum absolute atomic E-state index is 0.320. The van der Waals surface area contributed by atoms with Gasteiger partial charge in [0, 0.05) is 13.0 Å². The summed E-state index contributed by atoms with van der Waals surface area (Å²) in [6, 6.07) is 8.66. The molecule has 1 aromatic carbocycles. The Labute approximate surface area is 103 Å². The first-order valence-electron chi connectivity index (χ1n) is 6.13. The highest BCUT2D eigenvalue weighted by atomic mass is 16.5. The minimum Gasteiger partial charge on any atom is -0.365 e. The maximum absolute atomic E-state index is 5.91. The summed E-state index contributed by atoms with van der Waals surface area (Å²) in [5.74, 6) is 0.461. The van der Waals surface area contributed by atoms with Crippen molar-refractivity contribution in [2.24, 2.45) is 0 Å². The minimum atomic E-state index is -0.320. The van der Waals surface area contributed by atoms with Gasteiger partial charge in [-0.3, -0.25) is 0 Å². The van der Waals surface area contributed by atoms with Gasteiger partial charge in [0.1, 0.15) is 5.60 Å². The van der Waals surface area contributed by atoms with Crippen LogP contribution in [0.1, 0.15) is 37.8 Å². The van der Waals surface area contributed by atoms with E-state index < -0.39 is 0 Å². The van der Waals surface area contributed by atoms with E-state index >= 15 is 0 Å². The van der Waals surface area contributed by atoms with Crippen molar-refractivity contribution in [1.82, 2.24) is 0 Å². The fraction of sp³-hybridized carbons (Fsp3) is 0.375. The van der Waals surface area contributed by atoms with E-state index in [9.17, 15) is 0 Å². The number of allylic oxidation sites excluding steroid dienone is 2. The normalized spacial score (nSPS) is 30.4.